The van der Waals surface area contributed by atoms with Gasteiger partial charge < -0.3 is 4.74 Å². The van der Waals surface area contributed by atoms with Gasteiger partial charge in [-0.15, -0.1) is 0 Å². The molecule has 128 valence electrons. The first-order valence-corrected chi connectivity index (χ1v) is 9.01. The fraction of sp³-hybridized carbons (Fsp3) is 0.120. The van der Waals surface area contributed by atoms with E-state index in [9.17, 15) is 0 Å². The summed E-state index contributed by atoms with van der Waals surface area (Å²) >= 11 is 0. The van der Waals surface area contributed by atoms with E-state index in [-0.39, 0.29) is 5.41 Å². The van der Waals surface area contributed by atoms with Gasteiger partial charge in [0.1, 0.15) is 11.5 Å². The van der Waals surface area contributed by atoms with E-state index in [1.807, 2.05) is 19.1 Å². The second kappa shape index (κ2) is 6.68. The van der Waals surface area contributed by atoms with Crippen LogP contribution in [0.4, 0.5) is 0 Å². The summed E-state index contributed by atoms with van der Waals surface area (Å²) < 4.78 is 6.26. The molecular formula is C25H22O. The molecule has 0 saturated carbocycles. The lowest BCUT2D eigenvalue weighted by Gasteiger charge is -2.41. The van der Waals surface area contributed by atoms with Crippen molar-refractivity contribution in [2.75, 3.05) is 0 Å². The van der Waals surface area contributed by atoms with Crippen molar-refractivity contribution in [2.24, 2.45) is 0 Å². The largest absolute Gasteiger partial charge is 0.457 e. The first-order valence-electron chi connectivity index (χ1n) is 9.01. The number of rotatable bonds is 3. The lowest BCUT2D eigenvalue weighted by Crippen LogP contribution is -2.34. The highest BCUT2D eigenvalue weighted by Crippen LogP contribution is 2.55. The first-order chi connectivity index (χ1) is 12.8. The van der Waals surface area contributed by atoms with Gasteiger partial charge in [0.25, 0.3) is 0 Å². The van der Waals surface area contributed by atoms with Gasteiger partial charge in [0.05, 0.1) is 5.41 Å². The summed E-state index contributed by atoms with van der Waals surface area (Å²) in [5.74, 6) is 1.84. The number of benzene rings is 3. The number of hydrogen-bond acceptors (Lipinski definition) is 1. The van der Waals surface area contributed by atoms with Gasteiger partial charge in [0.15, 0.2) is 0 Å². The van der Waals surface area contributed by atoms with Crippen molar-refractivity contribution in [1.82, 2.24) is 0 Å². The van der Waals surface area contributed by atoms with Crippen LogP contribution in [0.5, 0.6) is 11.5 Å². The molecule has 0 radical (unpaired) electrons. The SMILES string of the molecule is C/C=C\C=C(/C)C1(c2ccccc2)c2ccccc2Oc2ccccc21. The Morgan fingerprint density at radius 2 is 1.31 bits per heavy atom. The summed E-state index contributed by atoms with van der Waals surface area (Å²) in [6.07, 6.45) is 6.39. The lowest BCUT2D eigenvalue weighted by molar-refractivity contribution is 0.432. The first kappa shape index (κ1) is 16.4. The molecule has 0 aliphatic carbocycles. The number of allylic oxidation sites excluding steroid dienone is 4. The van der Waals surface area contributed by atoms with Crippen molar-refractivity contribution in [2.45, 2.75) is 19.3 Å². The van der Waals surface area contributed by atoms with Gasteiger partial charge in [-0.1, -0.05) is 90.5 Å². The van der Waals surface area contributed by atoms with E-state index in [4.69, 9.17) is 4.74 Å². The summed E-state index contributed by atoms with van der Waals surface area (Å²) in [4.78, 5) is 0. The Bertz CT molecular complexity index is 934. The van der Waals surface area contributed by atoms with Gasteiger partial charge in [-0.05, 0) is 31.5 Å². The molecule has 1 heteroatoms. The molecule has 0 bridgehead atoms. The van der Waals surface area contributed by atoms with Gasteiger partial charge in [-0.2, -0.15) is 0 Å². The van der Waals surface area contributed by atoms with Gasteiger partial charge >= 0.3 is 0 Å². The smallest absolute Gasteiger partial charge is 0.132 e. The molecule has 0 amide bonds. The second-order valence-corrected chi connectivity index (χ2v) is 6.59. The van der Waals surface area contributed by atoms with Gasteiger partial charge in [-0.25, -0.2) is 0 Å². The van der Waals surface area contributed by atoms with E-state index >= 15 is 0 Å². The maximum Gasteiger partial charge on any atom is 0.132 e. The number of hydrogen-bond donors (Lipinski definition) is 0. The summed E-state index contributed by atoms with van der Waals surface area (Å²) in [7, 11) is 0. The van der Waals surface area contributed by atoms with Gasteiger partial charge in [0.2, 0.25) is 0 Å². The zero-order chi connectivity index (χ0) is 18.0. The average molecular weight is 338 g/mol. The van der Waals surface area contributed by atoms with Crippen LogP contribution in [0.25, 0.3) is 0 Å². The van der Waals surface area contributed by atoms with Gasteiger partial charge in [-0.3, -0.25) is 0 Å². The minimum Gasteiger partial charge on any atom is -0.457 e. The van der Waals surface area contributed by atoms with Gasteiger partial charge in [0, 0.05) is 11.1 Å². The molecular weight excluding hydrogens is 316 g/mol. The average Bonchev–Trinajstić information content (AvgIpc) is 2.71. The Labute approximate surface area is 155 Å². The highest BCUT2D eigenvalue weighted by molar-refractivity contribution is 5.68. The minimum absolute atomic E-state index is 0.369. The maximum atomic E-state index is 6.26. The summed E-state index contributed by atoms with van der Waals surface area (Å²) in [6, 6.07) is 27.5. The fourth-order valence-corrected chi connectivity index (χ4v) is 4.01. The maximum absolute atomic E-state index is 6.26. The molecule has 26 heavy (non-hydrogen) atoms. The summed E-state index contributed by atoms with van der Waals surface area (Å²) in [5, 5.41) is 0. The van der Waals surface area contributed by atoms with E-state index in [1.54, 1.807) is 0 Å². The lowest BCUT2D eigenvalue weighted by atomic mass is 9.63. The molecule has 0 atom stereocenters. The third-order valence-corrected chi connectivity index (χ3v) is 5.14. The van der Waals surface area contributed by atoms with E-state index in [0.29, 0.717) is 0 Å². The van der Waals surface area contributed by atoms with E-state index < -0.39 is 0 Å². The normalized spacial score (nSPS) is 15.2. The topological polar surface area (TPSA) is 9.23 Å². The Morgan fingerprint density at radius 1 is 0.769 bits per heavy atom. The molecule has 3 aromatic carbocycles. The van der Waals surface area contributed by atoms with Crippen molar-refractivity contribution < 1.29 is 4.74 Å². The third kappa shape index (κ3) is 2.40. The van der Waals surface area contributed by atoms with Crippen LogP contribution in [0, 0.1) is 0 Å². The molecule has 0 aromatic heterocycles. The number of para-hydroxylation sites is 2. The quantitative estimate of drug-likeness (QED) is 0.486. The van der Waals surface area contributed by atoms with Crippen LogP contribution in [0.1, 0.15) is 30.5 Å². The van der Waals surface area contributed by atoms with Crippen LogP contribution in [-0.2, 0) is 5.41 Å². The van der Waals surface area contributed by atoms with Crippen LogP contribution in [0.3, 0.4) is 0 Å². The predicted molar refractivity (Wildman–Crippen MR) is 108 cm³/mol. The standard InChI is InChI=1S/C25H22O/c1-3-4-12-19(2)25(20-13-6-5-7-14-20)21-15-8-10-17-23(21)26-24-18-11-9-16-22(24)25/h3-18H,1-2H3/b4-3-,19-12+. The van der Waals surface area contributed by atoms with Crippen LogP contribution in [-0.4, -0.2) is 0 Å². The monoisotopic (exact) mass is 338 g/mol. The summed E-state index contributed by atoms with van der Waals surface area (Å²) in [5.41, 5.74) is 4.52. The predicted octanol–water partition coefficient (Wildman–Crippen LogP) is 6.65. The number of fused-ring (bicyclic) bond motifs is 2. The Morgan fingerprint density at radius 3 is 1.88 bits per heavy atom. The molecule has 0 N–H and O–H groups in total. The molecule has 0 fully saturated rings. The molecule has 3 aromatic rings. The van der Waals surface area contributed by atoms with Crippen molar-refractivity contribution in [1.29, 1.82) is 0 Å². The molecule has 1 heterocycles. The molecule has 0 saturated heterocycles. The molecule has 1 aliphatic rings. The second-order valence-electron chi connectivity index (χ2n) is 6.59. The minimum atomic E-state index is -0.369. The zero-order valence-corrected chi connectivity index (χ0v) is 15.1. The fourth-order valence-electron chi connectivity index (χ4n) is 4.01. The third-order valence-electron chi connectivity index (χ3n) is 5.14. The summed E-state index contributed by atoms with van der Waals surface area (Å²) in [6.45, 7) is 4.26. The van der Waals surface area contributed by atoms with Crippen LogP contribution >= 0.6 is 0 Å². The highest BCUT2D eigenvalue weighted by Gasteiger charge is 2.44. The molecule has 0 unspecified atom stereocenters. The van der Waals surface area contributed by atoms with Crippen LogP contribution in [0.15, 0.2) is 103 Å². The zero-order valence-electron chi connectivity index (χ0n) is 15.1. The van der Waals surface area contributed by atoms with Crippen molar-refractivity contribution in [3.8, 4) is 11.5 Å². The van der Waals surface area contributed by atoms with Crippen LogP contribution in [0.2, 0.25) is 0 Å². The molecule has 4 rings (SSSR count). The molecule has 1 nitrogen and oxygen atoms in total. The van der Waals surface area contributed by atoms with E-state index in [0.717, 1.165) is 11.5 Å². The Balaban J connectivity index is 2.15. The highest BCUT2D eigenvalue weighted by atomic mass is 16.5. The van der Waals surface area contributed by atoms with Crippen molar-refractivity contribution >= 4 is 0 Å². The Kier molecular flexibility index (Phi) is 4.22. The van der Waals surface area contributed by atoms with Crippen LogP contribution < -0.4 is 4.74 Å². The Hall–Kier alpha value is -3.06. The van der Waals surface area contributed by atoms with Crippen molar-refractivity contribution in [3.63, 3.8) is 0 Å². The van der Waals surface area contributed by atoms with E-state index in [1.165, 1.54) is 22.3 Å². The molecule has 0 spiro atoms. The number of ether oxygens (including phenoxy) is 1. The van der Waals surface area contributed by atoms with Crippen molar-refractivity contribution in [3.05, 3.63) is 119 Å². The van der Waals surface area contributed by atoms with E-state index in [2.05, 4.69) is 91.9 Å². The molecule has 1 aliphatic heterocycles.